The smallest absolute Gasteiger partial charge is 0.398 e. The molecule has 0 spiro atoms. The van der Waals surface area contributed by atoms with Gasteiger partial charge in [0, 0.05) is 6.26 Å². The Labute approximate surface area is 95.7 Å². The van der Waals surface area contributed by atoms with Gasteiger partial charge in [-0.2, -0.15) is 0 Å². The number of hydrogen-bond donors (Lipinski definition) is 0. The molecule has 0 bridgehead atoms. The van der Waals surface area contributed by atoms with Gasteiger partial charge in [0.15, 0.2) is 10.8 Å². The average Bonchev–Trinajstić information content (AvgIpc) is 2.86. The number of hydrogen-bond acceptors (Lipinski definition) is 7. The van der Waals surface area contributed by atoms with Gasteiger partial charge in [0.05, 0.1) is 16.9 Å². The topological polar surface area (TPSA) is 99.1 Å². The lowest BCUT2D eigenvalue weighted by Crippen LogP contribution is -1.84. The van der Waals surface area contributed by atoms with Gasteiger partial charge < -0.3 is 4.42 Å². The number of nitro groups is 1. The molecule has 0 saturated heterocycles. The van der Waals surface area contributed by atoms with E-state index in [4.69, 9.17) is 4.42 Å². The van der Waals surface area contributed by atoms with Crippen molar-refractivity contribution >= 4 is 28.0 Å². The van der Waals surface area contributed by atoms with Crippen LogP contribution in [-0.4, -0.2) is 25.6 Å². The molecule has 84 valence electrons. The number of furan rings is 1. The fourth-order valence-electron chi connectivity index (χ4n) is 0.966. The Bertz CT molecular complexity index is 511. The Morgan fingerprint density at radius 3 is 2.75 bits per heavy atom. The molecule has 2 rings (SSSR count). The minimum Gasteiger partial charge on any atom is -0.398 e. The molecule has 9 heteroatoms. The molecule has 2 heterocycles. The first-order chi connectivity index (χ1) is 7.58. The van der Waals surface area contributed by atoms with E-state index in [1.807, 2.05) is 0 Å². The Morgan fingerprint density at radius 2 is 2.25 bits per heavy atom. The molecule has 0 N–H and O–H groups in total. The van der Waals surface area contributed by atoms with E-state index >= 15 is 0 Å². The van der Waals surface area contributed by atoms with Gasteiger partial charge in [-0.15, -0.1) is 10.2 Å². The monoisotopic (exact) mass is 259 g/mol. The summed E-state index contributed by atoms with van der Waals surface area (Å²) in [5.41, 5.74) is 0. The van der Waals surface area contributed by atoms with E-state index in [0.29, 0.717) is 9.35 Å². The van der Waals surface area contributed by atoms with Gasteiger partial charge in [-0.25, -0.2) is 0 Å². The molecule has 2 aromatic heterocycles. The van der Waals surface area contributed by atoms with Crippen molar-refractivity contribution in [3.8, 4) is 10.8 Å². The molecule has 0 aromatic carbocycles. The molecule has 0 saturated carbocycles. The summed E-state index contributed by atoms with van der Waals surface area (Å²) in [5.74, 6) is -0.106. The molecule has 0 aliphatic rings. The molecule has 16 heavy (non-hydrogen) atoms. The Hall–Kier alpha value is -1.61. The van der Waals surface area contributed by atoms with E-state index in [2.05, 4.69) is 10.2 Å². The maximum Gasteiger partial charge on any atom is 0.433 e. The largest absolute Gasteiger partial charge is 0.433 e. The minimum absolute atomic E-state index is 0.251. The van der Waals surface area contributed by atoms with Crippen molar-refractivity contribution in [2.24, 2.45) is 0 Å². The first kappa shape index (κ1) is 10.9. The van der Waals surface area contributed by atoms with Gasteiger partial charge in [-0.1, -0.05) is 11.3 Å². The molecular weight excluding hydrogens is 254 g/mol. The summed E-state index contributed by atoms with van der Waals surface area (Å²) in [6.07, 6.45) is 1.48. The molecule has 0 aliphatic carbocycles. The van der Waals surface area contributed by atoms with Crippen LogP contribution >= 0.6 is 11.3 Å². The molecule has 0 aliphatic heterocycles. The first-order valence-electron chi connectivity index (χ1n) is 3.99. The summed E-state index contributed by atoms with van der Waals surface area (Å²) in [4.78, 5) is 9.75. The zero-order chi connectivity index (χ0) is 11.7. The third kappa shape index (κ3) is 1.99. The van der Waals surface area contributed by atoms with Crippen molar-refractivity contribution in [1.82, 2.24) is 10.2 Å². The van der Waals surface area contributed by atoms with E-state index < -0.39 is 15.7 Å². The molecule has 0 radical (unpaired) electrons. The maximum absolute atomic E-state index is 11.1. The van der Waals surface area contributed by atoms with Crippen molar-refractivity contribution in [3.05, 3.63) is 22.2 Å². The van der Waals surface area contributed by atoms with Crippen molar-refractivity contribution in [2.45, 2.75) is 4.34 Å². The number of rotatable bonds is 3. The van der Waals surface area contributed by atoms with Gasteiger partial charge in [-0.3, -0.25) is 14.3 Å². The quantitative estimate of drug-likeness (QED) is 0.611. The van der Waals surface area contributed by atoms with E-state index in [1.165, 1.54) is 18.4 Å². The van der Waals surface area contributed by atoms with Gasteiger partial charge >= 0.3 is 5.88 Å². The predicted molar refractivity (Wildman–Crippen MR) is 56.6 cm³/mol. The van der Waals surface area contributed by atoms with E-state index in [9.17, 15) is 14.3 Å². The Balaban J connectivity index is 2.35. The summed E-state index contributed by atoms with van der Waals surface area (Å²) in [6, 6.07) is 2.67. The van der Waals surface area contributed by atoms with Crippen molar-refractivity contribution < 1.29 is 13.5 Å². The van der Waals surface area contributed by atoms with E-state index in [0.717, 1.165) is 11.3 Å². The van der Waals surface area contributed by atoms with Gasteiger partial charge in [0.25, 0.3) is 0 Å². The maximum atomic E-state index is 11.1. The fourth-order valence-corrected chi connectivity index (χ4v) is 2.37. The first-order valence-corrected chi connectivity index (χ1v) is 6.37. The van der Waals surface area contributed by atoms with Crippen LogP contribution in [0.5, 0.6) is 0 Å². The standard InChI is InChI=1S/C7H5N3O4S2/c1-16(13)7-9-8-6(15-7)4-2-3-5(14-4)10(11)12/h2-3H,1H3. The van der Waals surface area contributed by atoms with Crippen LogP contribution in [0, 0.1) is 10.1 Å². The predicted octanol–water partition coefficient (Wildman–Crippen LogP) is 1.44. The average molecular weight is 259 g/mol. The van der Waals surface area contributed by atoms with Crippen LogP contribution < -0.4 is 0 Å². The van der Waals surface area contributed by atoms with Gasteiger partial charge in [0.1, 0.15) is 4.92 Å². The summed E-state index contributed by atoms with van der Waals surface area (Å²) in [7, 11) is -1.21. The normalized spacial score (nSPS) is 12.6. The highest BCUT2D eigenvalue weighted by molar-refractivity contribution is 7.86. The molecule has 7 nitrogen and oxygen atoms in total. The lowest BCUT2D eigenvalue weighted by Gasteiger charge is -1.85. The minimum atomic E-state index is -1.21. The highest BCUT2D eigenvalue weighted by atomic mass is 32.2. The molecule has 2 aromatic rings. The van der Waals surface area contributed by atoms with E-state index in [1.54, 1.807) is 0 Å². The highest BCUT2D eigenvalue weighted by Gasteiger charge is 2.17. The molecule has 0 fully saturated rings. The Morgan fingerprint density at radius 1 is 1.50 bits per heavy atom. The number of aromatic nitrogens is 2. The van der Waals surface area contributed by atoms with Crippen LogP contribution in [0.1, 0.15) is 0 Å². The van der Waals surface area contributed by atoms with E-state index in [-0.39, 0.29) is 11.6 Å². The zero-order valence-electron chi connectivity index (χ0n) is 7.95. The molecule has 1 unspecified atom stereocenters. The second kappa shape index (κ2) is 4.10. The Kier molecular flexibility index (Phi) is 2.79. The van der Waals surface area contributed by atoms with Crippen LogP contribution in [0.3, 0.4) is 0 Å². The number of nitrogens with zero attached hydrogens (tertiary/aromatic N) is 3. The SMILES string of the molecule is CS(=O)c1nnc(-c2ccc([N+](=O)[O-])o2)s1. The van der Waals surface area contributed by atoms with Crippen LogP contribution in [0.4, 0.5) is 5.88 Å². The zero-order valence-corrected chi connectivity index (χ0v) is 9.58. The molecule has 0 amide bonds. The van der Waals surface area contributed by atoms with Gasteiger partial charge in [0.2, 0.25) is 4.34 Å². The fraction of sp³-hybridized carbons (Fsp3) is 0.143. The van der Waals surface area contributed by atoms with Crippen molar-refractivity contribution in [2.75, 3.05) is 6.26 Å². The van der Waals surface area contributed by atoms with Crippen molar-refractivity contribution in [3.63, 3.8) is 0 Å². The summed E-state index contributed by atoms with van der Waals surface area (Å²) >= 11 is 1.08. The lowest BCUT2D eigenvalue weighted by molar-refractivity contribution is -0.401. The lowest BCUT2D eigenvalue weighted by atomic mass is 10.5. The van der Waals surface area contributed by atoms with Crippen LogP contribution in [0.2, 0.25) is 0 Å². The van der Waals surface area contributed by atoms with Crippen LogP contribution in [-0.2, 0) is 10.8 Å². The third-order valence-corrected chi connectivity index (χ3v) is 3.89. The third-order valence-electron chi connectivity index (χ3n) is 1.63. The van der Waals surface area contributed by atoms with Crippen LogP contribution in [0.25, 0.3) is 10.8 Å². The van der Waals surface area contributed by atoms with Crippen molar-refractivity contribution in [1.29, 1.82) is 0 Å². The van der Waals surface area contributed by atoms with Gasteiger partial charge in [-0.05, 0) is 6.07 Å². The summed E-state index contributed by atoms with van der Waals surface area (Å²) in [5, 5.41) is 18.2. The second-order valence-corrected chi connectivity index (χ2v) is 5.25. The molecular formula is C7H5N3O4S2. The molecule has 1 atom stereocenters. The second-order valence-electron chi connectivity index (χ2n) is 2.72. The summed E-state index contributed by atoms with van der Waals surface area (Å²) < 4.78 is 16.4. The summed E-state index contributed by atoms with van der Waals surface area (Å²) in [6.45, 7) is 0. The highest BCUT2D eigenvalue weighted by Crippen LogP contribution is 2.29. The van der Waals surface area contributed by atoms with Crippen LogP contribution in [0.15, 0.2) is 20.9 Å².